The zero-order valence-electron chi connectivity index (χ0n) is 9.12. The highest BCUT2D eigenvalue weighted by Crippen LogP contribution is 2.15. The van der Waals surface area contributed by atoms with E-state index in [0.29, 0.717) is 26.0 Å². The van der Waals surface area contributed by atoms with E-state index < -0.39 is 5.54 Å². The van der Waals surface area contributed by atoms with Crippen molar-refractivity contribution in [2.24, 2.45) is 5.73 Å². The zero-order valence-corrected chi connectivity index (χ0v) is 9.12. The first-order valence-corrected chi connectivity index (χ1v) is 5.54. The van der Waals surface area contributed by atoms with Crippen LogP contribution in [-0.4, -0.2) is 43.2 Å². The summed E-state index contributed by atoms with van der Waals surface area (Å²) >= 11 is 0. The molecule has 0 radical (unpaired) electrons. The highest BCUT2D eigenvalue weighted by Gasteiger charge is 2.38. The molecule has 0 saturated carbocycles. The van der Waals surface area contributed by atoms with Crippen molar-refractivity contribution in [3.8, 4) is 0 Å². The van der Waals surface area contributed by atoms with Crippen LogP contribution in [-0.2, 0) is 14.3 Å². The topological polar surface area (TPSA) is 93.5 Å². The molecule has 4 N–H and O–H groups in total. The van der Waals surface area contributed by atoms with E-state index in [0.717, 1.165) is 6.42 Å². The Morgan fingerprint density at radius 2 is 2.50 bits per heavy atom. The summed E-state index contributed by atoms with van der Waals surface area (Å²) < 4.78 is 5.11. The van der Waals surface area contributed by atoms with E-state index in [1.54, 1.807) is 0 Å². The van der Waals surface area contributed by atoms with Gasteiger partial charge in [-0.3, -0.25) is 9.59 Å². The number of hydrogen-bond acceptors (Lipinski definition) is 4. The molecule has 2 heterocycles. The summed E-state index contributed by atoms with van der Waals surface area (Å²) in [6.07, 6.45) is 1.86. The third-order valence-electron chi connectivity index (χ3n) is 3.10. The lowest BCUT2D eigenvalue weighted by Crippen LogP contribution is -2.56. The second-order valence-corrected chi connectivity index (χ2v) is 4.47. The summed E-state index contributed by atoms with van der Waals surface area (Å²) in [4.78, 5) is 22.7. The Morgan fingerprint density at radius 3 is 3.06 bits per heavy atom. The van der Waals surface area contributed by atoms with Gasteiger partial charge in [-0.1, -0.05) is 0 Å². The average Bonchev–Trinajstić information content (AvgIpc) is 2.85. The van der Waals surface area contributed by atoms with Crippen molar-refractivity contribution in [2.45, 2.75) is 30.8 Å². The highest BCUT2D eigenvalue weighted by molar-refractivity contribution is 5.86. The molecule has 2 atom stereocenters. The summed E-state index contributed by atoms with van der Waals surface area (Å²) in [5.41, 5.74) is 5.00. The Balaban J connectivity index is 1.77. The lowest BCUT2D eigenvalue weighted by Gasteiger charge is -2.21. The average molecular weight is 227 g/mol. The van der Waals surface area contributed by atoms with Gasteiger partial charge in [-0.05, 0) is 12.8 Å². The van der Waals surface area contributed by atoms with Crippen LogP contribution >= 0.6 is 0 Å². The van der Waals surface area contributed by atoms with Crippen LogP contribution < -0.4 is 16.4 Å². The second-order valence-electron chi connectivity index (χ2n) is 4.47. The van der Waals surface area contributed by atoms with Gasteiger partial charge in [0, 0.05) is 25.6 Å². The fourth-order valence-electron chi connectivity index (χ4n) is 1.98. The molecular weight excluding hydrogens is 210 g/mol. The number of nitrogens with one attached hydrogen (secondary N) is 2. The summed E-state index contributed by atoms with van der Waals surface area (Å²) in [6.45, 7) is 1.25. The van der Waals surface area contributed by atoms with E-state index in [2.05, 4.69) is 10.6 Å². The number of ether oxygens (including phenoxy) is 1. The normalized spacial score (nSPS) is 33.8. The first kappa shape index (κ1) is 11.3. The monoisotopic (exact) mass is 227 g/mol. The molecule has 6 nitrogen and oxygen atoms in total. The predicted molar refractivity (Wildman–Crippen MR) is 56.5 cm³/mol. The molecule has 0 aromatic heterocycles. The van der Waals surface area contributed by atoms with Crippen LogP contribution in [0.15, 0.2) is 0 Å². The van der Waals surface area contributed by atoms with Crippen molar-refractivity contribution < 1.29 is 14.3 Å². The van der Waals surface area contributed by atoms with Crippen LogP contribution in [0.3, 0.4) is 0 Å². The molecule has 0 aliphatic carbocycles. The van der Waals surface area contributed by atoms with Crippen LogP contribution in [0, 0.1) is 0 Å². The maximum atomic E-state index is 11.8. The summed E-state index contributed by atoms with van der Waals surface area (Å²) in [5, 5.41) is 5.56. The molecule has 2 amide bonds. The Labute approximate surface area is 93.9 Å². The molecular formula is C10H17N3O3. The van der Waals surface area contributed by atoms with Gasteiger partial charge >= 0.3 is 0 Å². The van der Waals surface area contributed by atoms with Gasteiger partial charge in [-0.25, -0.2) is 0 Å². The fraction of sp³-hybridized carbons (Fsp3) is 0.800. The lowest BCUT2D eigenvalue weighted by atomic mass is 9.99. The predicted octanol–water partition coefficient (Wildman–Crippen LogP) is -1.50. The molecule has 0 spiro atoms. The molecule has 2 fully saturated rings. The molecule has 2 rings (SSSR count). The van der Waals surface area contributed by atoms with E-state index in [-0.39, 0.29) is 24.5 Å². The van der Waals surface area contributed by atoms with Gasteiger partial charge in [0.05, 0.1) is 6.61 Å². The molecule has 90 valence electrons. The van der Waals surface area contributed by atoms with Crippen molar-refractivity contribution in [2.75, 3.05) is 19.8 Å². The quantitative estimate of drug-likeness (QED) is 0.547. The minimum atomic E-state index is -0.886. The molecule has 2 unspecified atom stereocenters. The van der Waals surface area contributed by atoms with Crippen molar-refractivity contribution in [1.29, 1.82) is 0 Å². The van der Waals surface area contributed by atoms with E-state index in [1.807, 2.05) is 0 Å². The second kappa shape index (κ2) is 4.39. The van der Waals surface area contributed by atoms with Crippen molar-refractivity contribution in [1.82, 2.24) is 10.6 Å². The van der Waals surface area contributed by atoms with Gasteiger partial charge in [0.1, 0.15) is 5.54 Å². The number of carbonyl (C=O) groups excluding carboxylic acids is 2. The Kier molecular flexibility index (Phi) is 3.11. The number of amides is 2. The molecule has 0 aromatic rings. The minimum Gasteiger partial charge on any atom is -0.379 e. The largest absolute Gasteiger partial charge is 0.379 e. The third-order valence-corrected chi connectivity index (χ3v) is 3.10. The Bertz CT molecular complexity index is 300. The van der Waals surface area contributed by atoms with Gasteiger partial charge in [-0.2, -0.15) is 0 Å². The van der Waals surface area contributed by atoms with Crippen LogP contribution in [0.5, 0.6) is 0 Å². The number of carbonyl (C=O) groups is 2. The highest BCUT2D eigenvalue weighted by atomic mass is 16.5. The van der Waals surface area contributed by atoms with Crippen LogP contribution in [0.2, 0.25) is 0 Å². The fourth-order valence-corrected chi connectivity index (χ4v) is 1.98. The molecule has 6 heteroatoms. The summed E-state index contributed by atoms with van der Waals surface area (Å²) in [7, 11) is 0. The first-order valence-electron chi connectivity index (χ1n) is 5.54. The maximum absolute atomic E-state index is 11.8. The van der Waals surface area contributed by atoms with Crippen LogP contribution in [0.1, 0.15) is 19.3 Å². The van der Waals surface area contributed by atoms with E-state index in [1.165, 1.54) is 0 Å². The van der Waals surface area contributed by atoms with Gasteiger partial charge < -0.3 is 21.1 Å². The molecule has 0 aromatic carbocycles. The van der Waals surface area contributed by atoms with E-state index >= 15 is 0 Å². The van der Waals surface area contributed by atoms with Crippen molar-refractivity contribution >= 4 is 11.8 Å². The van der Waals surface area contributed by atoms with Gasteiger partial charge in [0.15, 0.2) is 0 Å². The zero-order chi connectivity index (χ0) is 11.6. The van der Waals surface area contributed by atoms with Crippen molar-refractivity contribution in [3.05, 3.63) is 0 Å². The summed E-state index contributed by atoms with van der Waals surface area (Å²) in [5.74, 6) is -0.142. The third kappa shape index (κ3) is 2.33. The van der Waals surface area contributed by atoms with Crippen LogP contribution in [0.25, 0.3) is 0 Å². The van der Waals surface area contributed by atoms with Gasteiger partial charge in [-0.15, -0.1) is 0 Å². The smallest absolute Gasteiger partial charge is 0.242 e. The SMILES string of the molecule is NC1(C(=O)NCC2CCC(=O)N2)CCOC1. The van der Waals surface area contributed by atoms with E-state index in [4.69, 9.17) is 10.5 Å². The van der Waals surface area contributed by atoms with Gasteiger partial charge in [0.25, 0.3) is 0 Å². The van der Waals surface area contributed by atoms with E-state index in [9.17, 15) is 9.59 Å². The maximum Gasteiger partial charge on any atom is 0.242 e. The Hall–Kier alpha value is -1.14. The number of hydrogen-bond donors (Lipinski definition) is 3. The number of nitrogens with two attached hydrogens (primary N) is 1. The van der Waals surface area contributed by atoms with Crippen molar-refractivity contribution in [3.63, 3.8) is 0 Å². The van der Waals surface area contributed by atoms with Gasteiger partial charge in [0.2, 0.25) is 11.8 Å². The van der Waals surface area contributed by atoms with Crippen LogP contribution in [0.4, 0.5) is 0 Å². The molecule has 2 aliphatic rings. The number of rotatable bonds is 3. The molecule has 0 bridgehead atoms. The summed E-state index contributed by atoms with van der Waals surface area (Å²) in [6, 6.07) is 0.0439. The molecule has 2 aliphatic heterocycles. The Morgan fingerprint density at radius 1 is 1.69 bits per heavy atom. The molecule has 16 heavy (non-hydrogen) atoms. The molecule has 2 saturated heterocycles. The lowest BCUT2D eigenvalue weighted by molar-refractivity contribution is -0.126. The minimum absolute atomic E-state index is 0.0439. The first-order chi connectivity index (χ1) is 7.60. The standard InChI is InChI=1S/C10H17N3O3/c11-10(3-4-16-6-10)9(15)12-5-7-1-2-8(14)13-7/h7H,1-6,11H2,(H,12,15)(H,13,14).